The molecule has 10 heteroatoms. The summed E-state index contributed by atoms with van der Waals surface area (Å²) >= 11 is 4.21. The van der Waals surface area contributed by atoms with Crippen molar-refractivity contribution in [3.63, 3.8) is 0 Å². The number of sulfone groups is 1. The summed E-state index contributed by atoms with van der Waals surface area (Å²) in [6.45, 7) is 2.34. The molecule has 0 spiro atoms. The van der Waals surface area contributed by atoms with Gasteiger partial charge in [0, 0.05) is 36.7 Å². The molecule has 1 aromatic heterocycles. The lowest BCUT2D eigenvalue weighted by molar-refractivity contribution is -0.127. The first-order chi connectivity index (χ1) is 16.7. The summed E-state index contributed by atoms with van der Waals surface area (Å²) in [6, 6.07) is 19.6. The first kappa shape index (κ1) is 26.5. The second-order valence-electron chi connectivity index (χ2n) is 8.13. The molecule has 0 aliphatic rings. The highest BCUT2D eigenvalue weighted by atomic mass is 32.2. The van der Waals surface area contributed by atoms with Gasteiger partial charge in [0.25, 0.3) is 5.91 Å². The number of aromatic nitrogens is 1. The van der Waals surface area contributed by atoms with Gasteiger partial charge in [-0.05, 0) is 36.8 Å². The molecule has 0 aliphatic heterocycles. The Morgan fingerprint density at radius 3 is 2.40 bits per heavy atom. The highest BCUT2D eigenvalue weighted by Crippen LogP contribution is 2.28. The summed E-state index contributed by atoms with van der Waals surface area (Å²) in [5.74, 6) is 0.475. The Balaban J connectivity index is 1.71. The molecule has 0 bridgehead atoms. The normalized spacial score (nSPS) is 13.0. The number of pyridine rings is 1. The summed E-state index contributed by atoms with van der Waals surface area (Å²) in [5, 5.41) is 6.03. The van der Waals surface area contributed by atoms with Crippen LogP contribution in [0.1, 0.15) is 12.5 Å². The molecule has 4 N–H and O–H groups in total. The van der Waals surface area contributed by atoms with Gasteiger partial charge in [0.1, 0.15) is 0 Å². The zero-order valence-corrected chi connectivity index (χ0v) is 21.4. The molecule has 0 saturated heterocycles. The van der Waals surface area contributed by atoms with Crippen molar-refractivity contribution >= 4 is 34.1 Å². The molecule has 35 heavy (non-hydrogen) atoms. The number of ether oxygens (including phenoxy) is 1. The number of hydrogen-bond acceptors (Lipinski definition) is 8. The van der Waals surface area contributed by atoms with Crippen LogP contribution >= 0.6 is 12.6 Å². The Bertz CT molecular complexity index is 1240. The SMILES string of the molecule is CC(Oc1nc(-c2ccccc2)ccc1NCC(N)CS)C(=O)NCc1ccc(S(C)(=O)=O)cc1. The Labute approximate surface area is 211 Å². The van der Waals surface area contributed by atoms with Gasteiger partial charge in [-0.2, -0.15) is 12.6 Å². The Hall–Kier alpha value is -3.08. The number of nitrogens with one attached hydrogen (secondary N) is 2. The number of carbonyl (C=O) groups excluding carboxylic acids is 1. The minimum Gasteiger partial charge on any atom is -0.463 e. The second kappa shape index (κ2) is 12.1. The summed E-state index contributed by atoms with van der Waals surface area (Å²) in [7, 11) is -3.27. The number of hydrogen-bond donors (Lipinski definition) is 4. The first-order valence-electron chi connectivity index (χ1n) is 11.1. The topological polar surface area (TPSA) is 123 Å². The third-order valence-corrected chi connectivity index (χ3v) is 6.79. The standard InChI is InChI=1S/C25H30N4O4S2/c1-17(24(30)28-14-18-8-10-21(11-9-18)35(2,31)32)33-25-23(27-15-20(26)16-34)13-12-22(29-25)19-6-4-3-5-7-19/h3-13,17,20,27,34H,14-16,26H2,1-2H3,(H,28,30). The van der Waals surface area contributed by atoms with Gasteiger partial charge in [0.15, 0.2) is 15.9 Å². The molecule has 1 heterocycles. The van der Waals surface area contributed by atoms with E-state index in [1.165, 1.54) is 12.1 Å². The number of carbonyl (C=O) groups is 1. The van der Waals surface area contributed by atoms with Gasteiger partial charge in [-0.15, -0.1) is 0 Å². The van der Waals surface area contributed by atoms with Crippen LogP contribution in [0, 0.1) is 0 Å². The lowest BCUT2D eigenvalue weighted by atomic mass is 10.1. The Morgan fingerprint density at radius 2 is 1.77 bits per heavy atom. The van der Waals surface area contributed by atoms with E-state index in [2.05, 4.69) is 28.2 Å². The van der Waals surface area contributed by atoms with E-state index in [9.17, 15) is 13.2 Å². The first-order valence-corrected chi connectivity index (χ1v) is 13.6. The molecule has 0 aliphatic carbocycles. The van der Waals surface area contributed by atoms with E-state index in [1.807, 2.05) is 42.5 Å². The maximum atomic E-state index is 12.7. The third kappa shape index (κ3) is 7.71. The lowest BCUT2D eigenvalue weighted by Crippen LogP contribution is -2.36. The molecule has 0 radical (unpaired) electrons. The smallest absolute Gasteiger partial charge is 0.261 e. The molecule has 8 nitrogen and oxygen atoms in total. The van der Waals surface area contributed by atoms with E-state index in [0.717, 1.165) is 17.4 Å². The van der Waals surface area contributed by atoms with Crippen molar-refractivity contribution in [2.45, 2.75) is 30.5 Å². The maximum absolute atomic E-state index is 12.7. The molecule has 0 fully saturated rings. The van der Waals surface area contributed by atoms with Gasteiger partial charge in [0.2, 0.25) is 5.88 Å². The van der Waals surface area contributed by atoms with Gasteiger partial charge in [-0.1, -0.05) is 42.5 Å². The summed E-state index contributed by atoms with van der Waals surface area (Å²) < 4.78 is 29.2. The summed E-state index contributed by atoms with van der Waals surface area (Å²) in [5.41, 5.74) is 9.00. The molecule has 3 aromatic rings. The average molecular weight is 515 g/mol. The molecule has 2 unspecified atom stereocenters. The van der Waals surface area contributed by atoms with Crippen LogP contribution in [0.15, 0.2) is 71.6 Å². The van der Waals surface area contributed by atoms with Crippen molar-refractivity contribution in [2.24, 2.45) is 5.73 Å². The van der Waals surface area contributed by atoms with E-state index >= 15 is 0 Å². The van der Waals surface area contributed by atoms with Crippen molar-refractivity contribution in [3.8, 4) is 17.1 Å². The molecular formula is C25H30N4O4S2. The monoisotopic (exact) mass is 514 g/mol. The quantitative estimate of drug-likeness (QED) is 0.290. The molecule has 2 aromatic carbocycles. The Morgan fingerprint density at radius 1 is 1.09 bits per heavy atom. The molecule has 3 rings (SSSR count). The number of anilines is 1. The van der Waals surface area contributed by atoms with Crippen LogP contribution in [0.3, 0.4) is 0 Å². The molecular weight excluding hydrogens is 484 g/mol. The van der Waals surface area contributed by atoms with Crippen molar-refractivity contribution in [1.82, 2.24) is 10.3 Å². The molecule has 2 atom stereocenters. The fourth-order valence-corrected chi connectivity index (χ4v) is 3.91. The minimum absolute atomic E-state index is 0.158. The zero-order valence-electron chi connectivity index (χ0n) is 19.6. The van der Waals surface area contributed by atoms with E-state index in [0.29, 0.717) is 23.7 Å². The van der Waals surface area contributed by atoms with Crippen molar-refractivity contribution in [2.75, 3.05) is 23.9 Å². The van der Waals surface area contributed by atoms with Crippen LogP contribution in [0.2, 0.25) is 0 Å². The van der Waals surface area contributed by atoms with Crippen molar-refractivity contribution in [1.29, 1.82) is 0 Å². The van der Waals surface area contributed by atoms with Crippen LogP contribution in [-0.4, -0.2) is 50.0 Å². The fourth-order valence-electron chi connectivity index (χ4n) is 3.15. The van der Waals surface area contributed by atoms with Crippen molar-refractivity contribution < 1.29 is 17.9 Å². The highest BCUT2D eigenvalue weighted by Gasteiger charge is 2.19. The van der Waals surface area contributed by atoms with Gasteiger partial charge in [-0.3, -0.25) is 4.79 Å². The number of amides is 1. The van der Waals surface area contributed by atoms with E-state index in [4.69, 9.17) is 10.5 Å². The van der Waals surface area contributed by atoms with Crippen LogP contribution in [-0.2, 0) is 21.2 Å². The fraction of sp³-hybridized carbons (Fsp3) is 0.280. The number of thiol groups is 1. The van der Waals surface area contributed by atoms with Crippen LogP contribution in [0.25, 0.3) is 11.3 Å². The van der Waals surface area contributed by atoms with Gasteiger partial charge < -0.3 is 21.1 Å². The van der Waals surface area contributed by atoms with E-state index in [1.54, 1.807) is 19.1 Å². The third-order valence-electron chi connectivity index (χ3n) is 5.19. The highest BCUT2D eigenvalue weighted by molar-refractivity contribution is 7.90. The van der Waals surface area contributed by atoms with E-state index < -0.39 is 15.9 Å². The number of rotatable bonds is 11. The summed E-state index contributed by atoms with van der Waals surface area (Å²) in [6.07, 6.45) is 0.321. The second-order valence-corrected chi connectivity index (χ2v) is 10.5. The summed E-state index contributed by atoms with van der Waals surface area (Å²) in [4.78, 5) is 17.6. The molecule has 0 saturated carbocycles. The van der Waals surface area contributed by atoms with E-state index in [-0.39, 0.29) is 29.3 Å². The molecule has 1 amide bonds. The number of benzene rings is 2. The maximum Gasteiger partial charge on any atom is 0.261 e. The zero-order chi connectivity index (χ0) is 25.4. The van der Waals surface area contributed by atoms with Gasteiger partial charge in [-0.25, -0.2) is 13.4 Å². The van der Waals surface area contributed by atoms with Crippen LogP contribution in [0.5, 0.6) is 5.88 Å². The number of nitrogens with zero attached hydrogens (tertiary/aromatic N) is 1. The Kier molecular flexibility index (Phi) is 9.13. The largest absolute Gasteiger partial charge is 0.463 e. The number of nitrogens with two attached hydrogens (primary N) is 1. The van der Waals surface area contributed by atoms with Crippen LogP contribution < -0.4 is 21.1 Å². The predicted molar refractivity (Wildman–Crippen MR) is 141 cm³/mol. The molecule has 186 valence electrons. The van der Waals surface area contributed by atoms with Crippen molar-refractivity contribution in [3.05, 3.63) is 72.3 Å². The van der Waals surface area contributed by atoms with Crippen LogP contribution in [0.4, 0.5) is 5.69 Å². The van der Waals surface area contributed by atoms with Gasteiger partial charge in [0.05, 0.1) is 16.3 Å². The average Bonchev–Trinajstić information content (AvgIpc) is 2.86. The minimum atomic E-state index is -3.27. The predicted octanol–water partition coefficient (Wildman–Crippen LogP) is 2.90. The van der Waals surface area contributed by atoms with Gasteiger partial charge >= 0.3 is 0 Å². The lowest BCUT2D eigenvalue weighted by Gasteiger charge is -2.19.